The van der Waals surface area contributed by atoms with E-state index < -0.39 is 17.0 Å². The predicted molar refractivity (Wildman–Crippen MR) is 114 cm³/mol. The lowest BCUT2D eigenvalue weighted by Crippen LogP contribution is -2.55. The van der Waals surface area contributed by atoms with Crippen LogP contribution < -0.4 is 21.7 Å². The highest BCUT2D eigenvalue weighted by molar-refractivity contribution is 8.00. The van der Waals surface area contributed by atoms with Crippen molar-refractivity contribution in [2.24, 2.45) is 15.7 Å². The van der Waals surface area contributed by atoms with E-state index in [1.165, 1.54) is 11.8 Å². The number of nitrogens with two attached hydrogens (primary N) is 1. The van der Waals surface area contributed by atoms with E-state index >= 15 is 0 Å². The first-order valence-electron chi connectivity index (χ1n) is 9.02. The molecule has 7 heteroatoms. The molecule has 5 rings (SSSR count). The van der Waals surface area contributed by atoms with Gasteiger partial charge in [0.1, 0.15) is 10.9 Å². The molecule has 28 heavy (non-hydrogen) atoms. The first-order chi connectivity index (χ1) is 13.5. The van der Waals surface area contributed by atoms with Gasteiger partial charge in [0, 0.05) is 10.7 Å². The molecule has 0 aliphatic carbocycles. The summed E-state index contributed by atoms with van der Waals surface area (Å²) in [7, 11) is 0. The number of Topliss-reactive ketones (excluding diaryl/α,β-unsaturated/α-hetero) is 1. The van der Waals surface area contributed by atoms with Crippen LogP contribution in [0.4, 0.5) is 0 Å². The van der Waals surface area contributed by atoms with E-state index in [1.54, 1.807) is 0 Å². The molecule has 0 radical (unpaired) electrons. The minimum atomic E-state index is -0.978. The van der Waals surface area contributed by atoms with Gasteiger partial charge in [-0.15, -0.1) is 0 Å². The van der Waals surface area contributed by atoms with E-state index in [2.05, 4.69) is 20.3 Å². The van der Waals surface area contributed by atoms with Crippen LogP contribution in [-0.2, 0) is 4.79 Å². The minimum absolute atomic E-state index is 0.0519. The van der Waals surface area contributed by atoms with Crippen molar-refractivity contribution in [1.29, 1.82) is 0 Å². The number of thioether (sulfide) groups is 1. The first kappa shape index (κ1) is 17.4. The molecule has 0 spiro atoms. The van der Waals surface area contributed by atoms with Gasteiger partial charge in [0.25, 0.3) is 0 Å². The van der Waals surface area contributed by atoms with E-state index in [0.717, 1.165) is 33.5 Å². The second-order valence-corrected chi connectivity index (χ2v) is 8.07. The van der Waals surface area contributed by atoms with Crippen LogP contribution in [0.5, 0.6) is 0 Å². The first-order valence-corrected chi connectivity index (χ1v) is 10.3. The molecule has 3 unspecified atom stereocenters. The second kappa shape index (κ2) is 6.41. The van der Waals surface area contributed by atoms with Crippen LogP contribution in [0.2, 0.25) is 0 Å². The van der Waals surface area contributed by atoms with E-state index in [-0.39, 0.29) is 5.78 Å². The van der Waals surface area contributed by atoms with Crippen molar-refractivity contribution < 1.29 is 4.79 Å². The third-order valence-corrected chi connectivity index (χ3v) is 6.16. The number of hydrogen-bond donors (Lipinski definition) is 3. The van der Waals surface area contributed by atoms with Gasteiger partial charge in [0.2, 0.25) is 0 Å². The van der Waals surface area contributed by atoms with Crippen molar-refractivity contribution in [2.45, 2.75) is 17.0 Å². The zero-order valence-corrected chi connectivity index (χ0v) is 16.0. The maximum absolute atomic E-state index is 13.0. The van der Waals surface area contributed by atoms with Gasteiger partial charge in [-0.3, -0.25) is 10.1 Å². The summed E-state index contributed by atoms with van der Waals surface area (Å²) in [5, 5.41) is 4.80. The van der Waals surface area contributed by atoms with Gasteiger partial charge in [0.05, 0.1) is 28.9 Å². The summed E-state index contributed by atoms with van der Waals surface area (Å²) < 4.78 is 0. The fourth-order valence-corrected chi connectivity index (χ4v) is 4.73. The number of rotatable bonds is 1. The number of ketones is 1. The lowest BCUT2D eigenvalue weighted by molar-refractivity contribution is -0.117. The molecule has 4 aliphatic rings. The van der Waals surface area contributed by atoms with Crippen LogP contribution in [0, 0.1) is 0 Å². The zero-order chi connectivity index (χ0) is 19.3. The summed E-state index contributed by atoms with van der Waals surface area (Å²) >= 11 is 1.45. The maximum atomic E-state index is 13.0. The highest BCUT2D eigenvalue weighted by Gasteiger charge is 2.48. The van der Waals surface area contributed by atoms with E-state index in [9.17, 15) is 4.79 Å². The lowest BCUT2D eigenvalue weighted by Gasteiger charge is -2.26. The molecule has 0 aromatic carbocycles. The van der Waals surface area contributed by atoms with Crippen molar-refractivity contribution >= 4 is 41.1 Å². The molecule has 4 N–H and O–H groups in total. The number of nitrogens with zero attached hydrogens (tertiary/aromatic N) is 2. The van der Waals surface area contributed by atoms with Gasteiger partial charge < -0.3 is 10.7 Å². The summed E-state index contributed by atoms with van der Waals surface area (Å²) in [5.41, 5.74) is 8.81. The summed E-state index contributed by atoms with van der Waals surface area (Å²) in [6.45, 7) is 0. The maximum Gasteiger partial charge on any atom is 0.170 e. The highest BCUT2D eigenvalue weighted by atomic mass is 32.2. The molecular formula is C21H19N5OS. The van der Waals surface area contributed by atoms with Crippen LogP contribution in [0.15, 0.2) is 70.0 Å². The van der Waals surface area contributed by atoms with Gasteiger partial charge in [-0.1, -0.05) is 0 Å². The second-order valence-electron chi connectivity index (χ2n) is 7.13. The van der Waals surface area contributed by atoms with Crippen LogP contribution in [0.25, 0.3) is 12.2 Å². The Morgan fingerprint density at radius 2 is 1.68 bits per heavy atom. The van der Waals surface area contributed by atoms with Gasteiger partial charge in [0.15, 0.2) is 5.78 Å². The highest BCUT2D eigenvalue weighted by Crippen LogP contribution is 2.31. The van der Waals surface area contributed by atoms with Crippen LogP contribution in [0.3, 0.4) is 0 Å². The predicted octanol–water partition coefficient (Wildman–Crippen LogP) is 0.306. The molecule has 140 valence electrons. The minimum Gasteiger partial charge on any atom is -0.355 e. The van der Waals surface area contributed by atoms with Crippen molar-refractivity contribution in [3.8, 4) is 0 Å². The van der Waals surface area contributed by atoms with E-state index in [1.807, 2.05) is 67.0 Å². The summed E-state index contributed by atoms with van der Waals surface area (Å²) in [5.74, 6) is 0.0519. The Labute approximate surface area is 166 Å². The molecule has 1 fully saturated rings. The average Bonchev–Trinajstić information content (AvgIpc) is 3.40. The van der Waals surface area contributed by atoms with Gasteiger partial charge in [-0.25, -0.2) is 9.98 Å². The number of allylic oxidation sites excluding steroid dienone is 4. The SMILES string of the molecule is CSC1C(=O)C2C=C3C=CC(=N3)C=c3ccc([nH]3)=CC3=NC(=CC1(N)N2)C=C3. The molecule has 5 heterocycles. The number of aromatic amines is 1. The molecule has 3 atom stereocenters. The van der Waals surface area contributed by atoms with Crippen molar-refractivity contribution in [1.82, 2.24) is 10.3 Å². The third-order valence-electron chi connectivity index (χ3n) is 5.07. The fourth-order valence-electron chi connectivity index (χ4n) is 3.82. The van der Waals surface area contributed by atoms with Crippen molar-refractivity contribution in [3.63, 3.8) is 0 Å². The summed E-state index contributed by atoms with van der Waals surface area (Å²) in [4.78, 5) is 25.5. The number of carbonyl (C=O) groups is 1. The molecule has 0 saturated carbocycles. The van der Waals surface area contributed by atoms with E-state index in [4.69, 9.17) is 5.73 Å². The average molecular weight is 389 g/mol. The number of aliphatic imine (C=N–C) groups is 2. The van der Waals surface area contributed by atoms with Crippen molar-refractivity contribution in [3.05, 3.63) is 70.7 Å². The standard InChI is InChI=1S/C21H19N5OS/c1-28-20-19(27)18-10-16-5-4-14(24-16)8-12-2-3-13(23-12)9-15-6-7-17(25-15)11-21(20,22)26-18/h2-11,18,20,23,26H,22H2,1H3. The Morgan fingerprint density at radius 3 is 2.36 bits per heavy atom. The summed E-state index contributed by atoms with van der Waals surface area (Å²) in [6.07, 6.45) is 17.2. The largest absolute Gasteiger partial charge is 0.355 e. The monoisotopic (exact) mass is 389 g/mol. The zero-order valence-electron chi connectivity index (χ0n) is 15.2. The Morgan fingerprint density at radius 1 is 1.04 bits per heavy atom. The van der Waals surface area contributed by atoms with Gasteiger partial charge in [-0.2, -0.15) is 11.8 Å². The summed E-state index contributed by atoms with van der Waals surface area (Å²) in [6, 6.07) is 3.52. The van der Waals surface area contributed by atoms with Gasteiger partial charge in [-0.05, 0) is 67.0 Å². The Kier molecular flexibility index (Phi) is 3.97. The molecule has 1 saturated heterocycles. The number of H-pyrrole nitrogens is 1. The molecule has 0 amide bonds. The number of fused-ring (bicyclic) bond motifs is 6. The molecule has 1 aromatic rings. The fraction of sp³-hybridized carbons (Fsp3) is 0.190. The van der Waals surface area contributed by atoms with Crippen LogP contribution in [0.1, 0.15) is 0 Å². The quantitative estimate of drug-likeness (QED) is 0.644. The van der Waals surface area contributed by atoms with Crippen LogP contribution in [-0.4, -0.2) is 45.4 Å². The Bertz CT molecular complexity index is 1180. The van der Waals surface area contributed by atoms with Crippen molar-refractivity contribution in [2.75, 3.05) is 6.26 Å². The number of aromatic nitrogens is 1. The molecule has 4 aliphatic heterocycles. The third kappa shape index (κ3) is 2.97. The van der Waals surface area contributed by atoms with Gasteiger partial charge >= 0.3 is 0 Å². The van der Waals surface area contributed by atoms with E-state index in [0.29, 0.717) is 0 Å². The molecular weight excluding hydrogens is 370 g/mol. The smallest absolute Gasteiger partial charge is 0.170 e. The van der Waals surface area contributed by atoms with Crippen LogP contribution >= 0.6 is 11.8 Å². The molecule has 6 nitrogen and oxygen atoms in total. The Hall–Kier alpha value is -2.74. The molecule has 8 bridgehead atoms. The topological polar surface area (TPSA) is 95.6 Å². The number of nitrogens with one attached hydrogen (secondary N) is 2. The number of hydrogen-bond acceptors (Lipinski definition) is 6. The normalized spacial score (nSPS) is 30.4. The molecule has 1 aromatic heterocycles. The Balaban J connectivity index is 1.69. The number of carbonyl (C=O) groups excluding carboxylic acids is 1. The lowest BCUT2D eigenvalue weighted by atomic mass is 10.1.